The Bertz CT molecular complexity index is 1200. The van der Waals surface area contributed by atoms with Gasteiger partial charge in [0.1, 0.15) is 11.2 Å². The van der Waals surface area contributed by atoms with Crippen LogP contribution in [0, 0.1) is 5.82 Å². The lowest BCUT2D eigenvalue weighted by molar-refractivity contribution is -0.128. The maximum absolute atomic E-state index is 13.5. The summed E-state index contributed by atoms with van der Waals surface area (Å²) in [5.41, 5.74) is 4.38. The minimum atomic E-state index is -0.295. The molecule has 0 spiro atoms. The number of para-hydroxylation sites is 1. The Morgan fingerprint density at radius 1 is 1.03 bits per heavy atom. The van der Waals surface area contributed by atoms with Crippen LogP contribution in [0.5, 0.6) is 0 Å². The molecule has 0 radical (unpaired) electrons. The SMILES string of the molecule is O=C1CS[C@H](c2cn(-c3ccccc3)nc2-c2ccc(F)cc2)N1Cc1cccnc1. The molecule has 31 heavy (non-hydrogen) atoms. The van der Waals surface area contributed by atoms with Crippen LogP contribution in [0.2, 0.25) is 0 Å². The van der Waals surface area contributed by atoms with Crippen molar-refractivity contribution in [3.05, 3.63) is 102 Å². The summed E-state index contributed by atoms with van der Waals surface area (Å²) < 4.78 is 15.4. The van der Waals surface area contributed by atoms with Gasteiger partial charge in [-0.1, -0.05) is 24.3 Å². The van der Waals surface area contributed by atoms with Crippen molar-refractivity contribution < 1.29 is 9.18 Å². The van der Waals surface area contributed by atoms with Crippen molar-refractivity contribution in [2.45, 2.75) is 11.9 Å². The number of benzene rings is 2. The lowest BCUT2D eigenvalue weighted by Crippen LogP contribution is -2.27. The first-order valence-electron chi connectivity index (χ1n) is 9.90. The maximum atomic E-state index is 13.5. The lowest BCUT2D eigenvalue weighted by Gasteiger charge is -2.24. The van der Waals surface area contributed by atoms with Crippen molar-refractivity contribution in [2.75, 3.05) is 5.75 Å². The van der Waals surface area contributed by atoms with E-state index in [0.717, 1.165) is 28.1 Å². The topological polar surface area (TPSA) is 51.0 Å². The van der Waals surface area contributed by atoms with Gasteiger partial charge < -0.3 is 4.90 Å². The number of carbonyl (C=O) groups excluding carboxylic acids is 1. The quantitative estimate of drug-likeness (QED) is 0.454. The van der Waals surface area contributed by atoms with E-state index in [1.807, 2.05) is 58.2 Å². The largest absolute Gasteiger partial charge is 0.321 e. The number of aromatic nitrogens is 3. The summed E-state index contributed by atoms with van der Waals surface area (Å²) in [6.07, 6.45) is 5.47. The number of nitrogens with zero attached hydrogens (tertiary/aromatic N) is 4. The van der Waals surface area contributed by atoms with Gasteiger partial charge in [0, 0.05) is 36.3 Å². The molecule has 1 fully saturated rings. The molecule has 1 aliphatic heterocycles. The van der Waals surface area contributed by atoms with Crippen LogP contribution in [-0.2, 0) is 11.3 Å². The highest BCUT2D eigenvalue weighted by Gasteiger charge is 2.36. The fraction of sp³-hybridized carbons (Fsp3) is 0.125. The van der Waals surface area contributed by atoms with Gasteiger partial charge in [-0.25, -0.2) is 9.07 Å². The number of rotatable bonds is 5. The monoisotopic (exact) mass is 430 g/mol. The molecule has 4 aromatic rings. The van der Waals surface area contributed by atoms with E-state index in [1.54, 1.807) is 36.3 Å². The Balaban J connectivity index is 1.58. The molecule has 1 atom stereocenters. The van der Waals surface area contributed by atoms with Crippen LogP contribution >= 0.6 is 11.8 Å². The number of pyridine rings is 1. The first-order valence-corrected chi connectivity index (χ1v) is 10.9. The standard InChI is InChI=1S/C24H19FN4OS/c25-19-10-8-18(9-11-19)23-21(15-29(27-23)20-6-2-1-3-7-20)24-28(22(30)16-31-24)14-17-5-4-12-26-13-17/h1-13,15,24H,14,16H2/t24-/m1/s1. The summed E-state index contributed by atoms with van der Waals surface area (Å²) in [6.45, 7) is 0.476. The third-order valence-corrected chi connectivity index (χ3v) is 6.43. The Hall–Kier alpha value is -3.45. The average Bonchev–Trinajstić information content (AvgIpc) is 3.40. The third-order valence-electron chi connectivity index (χ3n) is 5.19. The van der Waals surface area contributed by atoms with E-state index in [-0.39, 0.29) is 17.1 Å². The molecule has 3 heterocycles. The third kappa shape index (κ3) is 3.96. The van der Waals surface area contributed by atoms with E-state index in [2.05, 4.69) is 4.98 Å². The molecule has 5 nitrogen and oxygen atoms in total. The van der Waals surface area contributed by atoms with E-state index in [0.29, 0.717) is 12.3 Å². The minimum absolute atomic E-state index is 0.0800. The molecule has 2 aromatic carbocycles. The predicted molar refractivity (Wildman–Crippen MR) is 119 cm³/mol. The molecule has 0 unspecified atom stereocenters. The molecular weight excluding hydrogens is 411 g/mol. The average molecular weight is 431 g/mol. The van der Waals surface area contributed by atoms with Crippen molar-refractivity contribution in [3.63, 3.8) is 0 Å². The first kappa shape index (κ1) is 19.5. The van der Waals surface area contributed by atoms with Crippen LogP contribution in [0.1, 0.15) is 16.5 Å². The number of amides is 1. The van der Waals surface area contributed by atoms with Crippen molar-refractivity contribution in [1.82, 2.24) is 19.7 Å². The van der Waals surface area contributed by atoms with Gasteiger partial charge >= 0.3 is 0 Å². The van der Waals surface area contributed by atoms with Crippen LogP contribution in [0.3, 0.4) is 0 Å². The summed E-state index contributed by atoms with van der Waals surface area (Å²) >= 11 is 1.58. The highest BCUT2D eigenvalue weighted by molar-refractivity contribution is 8.00. The zero-order valence-corrected chi connectivity index (χ0v) is 17.4. The van der Waals surface area contributed by atoms with Crippen LogP contribution in [0.25, 0.3) is 16.9 Å². The van der Waals surface area contributed by atoms with Crippen LogP contribution in [0.4, 0.5) is 4.39 Å². The summed E-state index contributed by atoms with van der Waals surface area (Å²) in [5, 5.41) is 4.63. The molecule has 0 saturated carbocycles. The van der Waals surface area contributed by atoms with E-state index in [4.69, 9.17) is 5.10 Å². The van der Waals surface area contributed by atoms with E-state index >= 15 is 0 Å². The van der Waals surface area contributed by atoms with Gasteiger partial charge in [-0.15, -0.1) is 11.8 Å². The summed E-state index contributed by atoms with van der Waals surface area (Å²) in [5.74, 6) is 0.192. The molecule has 0 aliphatic carbocycles. The van der Waals surface area contributed by atoms with E-state index in [9.17, 15) is 9.18 Å². The fourth-order valence-corrected chi connectivity index (χ4v) is 4.87. The minimum Gasteiger partial charge on any atom is -0.321 e. The van der Waals surface area contributed by atoms with Crippen molar-refractivity contribution >= 4 is 17.7 Å². The molecule has 1 amide bonds. The normalized spacial score (nSPS) is 16.1. The molecule has 0 bridgehead atoms. The summed E-state index contributed by atoms with van der Waals surface area (Å²) in [7, 11) is 0. The second-order valence-corrected chi connectivity index (χ2v) is 8.33. The zero-order chi connectivity index (χ0) is 21.2. The molecule has 1 aliphatic rings. The molecule has 2 aromatic heterocycles. The Kier molecular flexibility index (Phi) is 5.26. The van der Waals surface area contributed by atoms with Crippen molar-refractivity contribution in [3.8, 4) is 16.9 Å². The summed E-state index contributed by atoms with van der Waals surface area (Å²) in [4.78, 5) is 18.8. The number of halogens is 1. The molecular formula is C24H19FN4OS. The lowest BCUT2D eigenvalue weighted by atomic mass is 10.1. The van der Waals surface area contributed by atoms with Crippen LogP contribution in [0.15, 0.2) is 85.3 Å². The van der Waals surface area contributed by atoms with Crippen molar-refractivity contribution in [1.29, 1.82) is 0 Å². The second kappa shape index (κ2) is 8.35. The maximum Gasteiger partial charge on any atom is 0.234 e. The number of carbonyl (C=O) groups is 1. The zero-order valence-electron chi connectivity index (χ0n) is 16.6. The Labute approximate surface area is 183 Å². The van der Waals surface area contributed by atoms with Gasteiger partial charge in [-0.05, 0) is 48.0 Å². The van der Waals surface area contributed by atoms with Gasteiger partial charge in [0.2, 0.25) is 5.91 Å². The van der Waals surface area contributed by atoms with Gasteiger partial charge in [0.25, 0.3) is 0 Å². The number of hydrogen-bond donors (Lipinski definition) is 0. The fourth-order valence-electron chi connectivity index (χ4n) is 3.68. The number of hydrogen-bond acceptors (Lipinski definition) is 4. The predicted octanol–water partition coefficient (Wildman–Crippen LogP) is 4.85. The highest BCUT2D eigenvalue weighted by Crippen LogP contribution is 2.43. The summed E-state index contributed by atoms with van der Waals surface area (Å²) in [6, 6.07) is 20.0. The van der Waals surface area contributed by atoms with Gasteiger partial charge in [0.05, 0.1) is 17.1 Å². The van der Waals surface area contributed by atoms with Crippen LogP contribution < -0.4 is 0 Å². The Morgan fingerprint density at radius 3 is 2.58 bits per heavy atom. The smallest absolute Gasteiger partial charge is 0.234 e. The van der Waals surface area contributed by atoms with Gasteiger partial charge in [-0.2, -0.15) is 5.10 Å². The first-order chi connectivity index (χ1) is 15.2. The molecule has 7 heteroatoms. The molecule has 154 valence electrons. The molecule has 1 saturated heterocycles. The molecule has 5 rings (SSSR count). The Morgan fingerprint density at radius 2 is 1.84 bits per heavy atom. The van der Waals surface area contributed by atoms with Gasteiger partial charge in [-0.3, -0.25) is 9.78 Å². The van der Waals surface area contributed by atoms with Crippen molar-refractivity contribution in [2.24, 2.45) is 0 Å². The van der Waals surface area contributed by atoms with E-state index in [1.165, 1.54) is 12.1 Å². The van der Waals surface area contributed by atoms with E-state index < -0.39 is 0 Å². The van der Waals surface area contributed by atoms with Crippen LogP contribution in [-0.4, -0.2) is 31.3 Å². The van der Waals surface area contributed by atoms with Gasteiger partial charge in [0.15, 0.2) is 0 Å². The highest BCUT2D eigenvalue weighted by atomic mass is 32.2. The second-order valence-electron chi connectivity index (χ2n) is 7.27. The number of thioether (sulfide) groups is 1. The molecule has 0 N–H and O–H groups in total.